The normalized spacial score (nSPS) is 11.0. The summed E-state index contributed by atoms with van der Waals surface area (Å²) in [5.41, 5.74) is 3.73. The van der Waals surface area contributed by atoms with Gasteiger partial charge in [0, 0.05) is 12.1 Å². The number of nitrogens with one attached hydrogen (secondary N) is 1. The van der Waals surface area contributed by atoms with Crippen LogP contribution in [-0.4, -0.2) is 11.7 Å². The van der Waals surface area contributed by atoms with Crippen LogP contribution in [0.5, 0.6) is 5.75 Å². The van der Waals surface area contributed by atoms with Crippen molar-refractivity contribution in [3.8, 4) is 16.9 Å². The molecule has 0 aliphatic heterocycles. The van der Waals surface area contributed by atoms with E-state index in [9.17, 15) is 4.79 Å². The van der Waals surface area contributed by atoms with Crippen molar-refractivity contribution >= 4 is 6.09 Å². The Bertz CT molecular complexity index is 928. The third-order valence-electron chi connectivity index (χ3n) is 4.22. The first-order valence-corrected chi connectivity index (χ1v) is 9.73. The highest BCUT2D eigenvalue weighted by Crippen LogP contribution is 2.30. The molecule has 0 aliphatic carbocycles. The van der Waals surface area contributed by atoms with E-state index in [1.54, 1.807) is 0 Å². The maximum Gasteiger partial charge on any atom is 0.407 e. The van der Waals surface area contributed by atoms with Crippen molar-refractivity contribution < 1.29 is 14.3 Å². The van der Waals surface area contributed by atoms with Gasteiger partial charge in [0.2, 0.25) is 0 Å². The molecule has 3 rings (SSSR count). The second-order valence-corrected chi connectivity index (χ2v) is 7.82. The Hall–Kier alpha value is -3.27. The first-order valence-electron chi connectivity index (χ1n) is 9.73. The quantitative estimate of drug-likeness (QED) is 0.566. The standard InChI is InChI=1S/C25H27NO3/c1-25(2,3)29-24(27)26-17-19-13-15-21(16-14-19)22-11-7-8-12-23(22)28-18-20-9-5-4-6-10-20/h4-16H,17-18H2,1-3H3,(H,26,27). The van der Waals surface area contributed by atoms with Crippen LogP contribution in [-0.2, 0) is 17.9 Å². The first kappa shape index (κ1) is 20.5. The summed E-state index contributed by atoms with van der Waals surface area (Å²) in [5.74, 6) is 0.844. The number of amides is 1. The lowest BCUT2D eigenvalue weighted by Gasteiger charge is -2.19. The summed E-state index contributed by atoms with van der Waals surface area (Å²) in [7, 11) is 0. The van der Waals surface area contributed by atoms with Gasteiger partial charge in [-0.1, -0.05) is 72.8 Å². The monoisotopic (exact) mass is 389 g/mol. The number of alkyl carbamates (subject to hydrolysis) is 1. The van der Waals surface area contributed by atoms with Crippen molar-refractivity contribution in [2.75, 3.05) is 0 Å². The van der Waals surface area contributed by atoms with Gasteiger partial charge in [-0.05, 0) is 43.5 Å². The third kappa shape index (κ3) is 6.39. The molecular weight excluding hydrogens is 362 g/mol. The predicted molar refractivity (Wildman–Crippen MR) is 116 cm³/mol. The molecule has 0 fully saturated rings. The summed E-state index contributed by atoms with van der Waals surface area (Å²) in [6, 6.07) is 26.2. The number of rotatable bonds is 6. The van der Waals surface area contributed by atoms with Crippen molar-refractivity contribution in [3.63, 3.8) is 0 Å². The molecule has 0 atom stereocenters. The molecule has 0 aliphatic rings. The van der Waals surface area contributed by atoms with Crippen LogP contribution in [0.4, 0.5) is 4.79 Å². The Balaban J connectivity index is 1.64. The maximum atomic E-state index is 11.8. The largest absolute Gasteiger partial charge is 0.488 e. The maximum absolute atomic E-state index is 11.8. The van der Waals surface area contributed by atoms with Crippen molar-refractivity contribution in [2.24, 2.45) is 0 Å². The first-order chi connectivity index (χ1) is 13.9. The molecule has 29 heavy (non-hydrogen) atoms. The molecule has 3 aromatic carbocycles. The summed E-state index contributed by atoms with van der Waals surface area (Å²) in [6.45, 7) is 6.48. The zero-order chi connectivity index (χ0) is 20.7. The Morgan fingerprint density at radius 3 is 2.17 bits per heavy atom. The molecule has 4 heteroatoms. The van der Waals surface area contributed by atoms with Crippen molar-refractivity contribution in [1.82, 2.24) is 5.32 Å². The predicted octanol–water partition coefficient (Wildman–Crippen LogP) is 5.96. The molecule has 0 unspecified atom stereocenters. The van der Waals surface area contributed by atoms with Crippen LogP contribution in [0.25, 0.3) is 11.1 Å². The van der Waals surface area contributed by atoms with Gasteiger partial charge in [-0.2, -0.15) is 0 Å². The van der Waals surface area contributed by atoms with Gasteiger partial charge in [-0.25, -0.2) is 4.79 Å². The number of carbonyl (C=O) groups is 1. The minimum atomic E-state index is -0.503. The average Bonchev–Trinajstić information content (AvgIpc) is 2.71. The number of para-hydroxylation sites is 1. The van der Waals surface area contributed by atoms with E-state index in [1.165, 1.54) is 0 Å². The molecule has 0 bridgehead atoms. The number of hydrogen-bond donors (Lipinski definition) is 1. The van der Waals surface area contributed by atoms with Gasteiger partial charge < -0.3 is 14.8 Å². The lowest BCUT2D eigenvalue weighted by Crippen LogP contribution is -2.32. The van der Waals surface area contributed by atoms with Crippen LogP contribution in [0.15, 0.2) is 78.9 Å². The summed E-state index contributed by atoms with van der Waals surface area (Å²) in [5, 5.41) is 2.78. The molecular formula is C25H27NO3. The molecule has 150 valence electrons. The van der Waals surface area contributed by atoms with E-state index in [1.807, 2.05) is 87.5 Å². The Morgan fingerprint density at radius 1 is 0.828 bits per heavy atom. The van der Waals surface area contributed by atoms with Crippen LogP contribution < -0.4 is 10.1 Å². The fourth-order valence-electron chi connectivity index (χ4n) is 2.86. The Kier molecular flexibility index (Phi) is 6.55. The highest BCUT2D eigenvalue weighted by molar-refractivity contribution is 5.71. The van der Waals surface area contributed by atoms with E-state index in [0.717, 1.165) is 28.0 Å². The number of ether oxygens (including phenoxy) is 2. The molecule has 1 amide bonds. The van der Waals surface area contributed by atoms with Gasteiger partial charge in [0.15, 0.2) is 0 Å². The second-order valence-electron chi connectivity index (χ2n) is 7.82. The van der Waals surface area contributed by atoms with Gasteiger partial charge in [0.1, 0.15) is 18.0 Å². The van der Waals surface area contributed by atoms with Crippen molar-refractivity contribution in [1.29, 1.82) is 0 Å². The van der Waals surface area contributed by atoms with E-state index in [0.29, 0.717) is 13.2 Å². The molecule has 3 aromatic rings. The van der Waals surface area contributed by atoms with E-state index in [-0.39, 0.29) is 0 Å². The SMILES string of the molecule is CC(C)(C)OC(=O)NCc1ccc(-c2ccccc2OCc2ccccc2)cc1. The summed E-state index contributed by atoms with van der Waals surface area (Å²) < 4.78 is 11.3. The molecule has 0 radical (unpaired) electrons. The molecule has 1 N–H and O–H groups in total. The van der Waals surface area contributed by atoms with E-state index < -0.39 is 11.7 Å². The molecule has 0 saturated carbocycles. The lowest BCUT2D eigenvalue weighted by atomic mass is 10.0. The Morgan fingerprint density at radius 2 is 1.48 bits per heavy atom. The van der Waals surface area contributed by atoms with E-state index in [4.69, 9.17) is 9.47 Å². The zero-order valence-corrected chi connectivity index (χ0v) is 17.1. The highest BCUT2D eigenvalue weighted by Gasteiger charge is 2.15. The number of carbonyl (C=O) groups excluding carboxylic acids is 1. The van der Waals surface area contributed by atoms with Crippen molar-refractivity contribution in [3.05, 3.63) is 90.0 Å². The topological polar surface area (TPSA) is 47.6 Å². The fraction of sp³-hybridized carbons (Fsp3) is 0.240. The number of benzene rings is 3. The summed E-state index contributed by atoms with van der Waals surface area (Å²) >= 11 is 0. The van der Waals surface area contributed by atoms with Gasteiger partial charge in [0.25, 0.3) is 0 Å². The zero-order valence-electron chi connectivity index (χ0n) is 17.1. The summed E-state index contributed by atoms with van der Waals surface area (Å²) in [4.78, 5) is 11.8. The average molecular weight is 389 g/mol. The minimum Gasteiger partial charge on any atom is -0.488 e. The molecule has 0 spiro atoms. The molecule has 4 nitrogen and oxygen atoms in total. The van der Waals surface area contributed by atoms with Gasteiger partial charge in [-0.15, -0.1) is 0 Å². The van der Waals surface area contributed by atoms with Crippen LogP contribution in [0.2, 0.25) is 0 Å². The molecule has 0 saturated heterocycles. The van der Waals surface area contributed by atoms with Gasteiger partial charge in [0.05, 0.1) is 0 Å². The third-order valence-corrected chi connectivity index (χ3v) is 4.22. The highest BCUT2D eigenvalue weighted by atomic mass is 16.6. The van der Waals surface area contributed by atoms with Crippen LogP contribution in [0.3, 0.4) is 0 Å². The van der Waals surface area contributed by atoms with E-state index in [2.05, 4.69) is 17.4 Å². The van der Waals surface area contributed by atoms with Gasteiger partial charge in [-0.3, -0.25) is 0 Å². The van der Waals surface area contributed by atoms with E-state index >= 15 is 0 Å². The van der Waals surface area contributed by atoms with Crippen LogP contribution in [0.1, 0.15) is 31.9 Å². The summed E-state index contributed by atoms with van der Waals surface area (Å²) in [6.07, 6.45) is -0.416. The smallest absolute Gasteiger partial charge is 0.407 e. The molecule has 0 heterocycles. The van der Waals surface area contributed by atoms with Gasteiger partial charge >= 0.3 is 6.09 Å². The fourth-order valence-corrected chi connectivity index (χ4v) is 2.86. The van der Waals surface area contributed by atoms with Crippen LogP contribution in [0, 0.1) is 0 Å². The Labute approximate surface area is 172 Å². The number of hydrogen-bond acceptors (Lipinski definition) is 3. The van der Waals surface area contributed by atoms with Crippen molar-refractivity contribution in [2.45, 2.75) is 39.5 Å². The lowest BCUT2D eigenvalue weighted by molar-refractivity contribution is 0.0523. The minimum absolute atomic E-state index is 0.416. The van der Waals surface area contributed by atoms with Crippen LogP contribution >= 0.6 is 0 Å². The molecule has 0 aromatic heterocycles. The second kappa shape index (κ2) is 9.28.